The second-order valence-electron chi connectivity index (χ2n) is 19.4. The van der Waals surface area contributed by atoms with Crippen LogP contribution in [0.1, 0.15) is 93.0 Å². The van der Waals surface area contributed by atoms with Gasteiger partial charge in [-0.2, -0.15) is 0 Å². The number of ether oxygens (including phenoxy) is 3. The van der Waals surface area contributed by atoms with Crippen molar-refractivity contribution >= 4 is 41.9 Å². The zero-order chi connectivity index (χ0) is 53.6. The van der Waals surface area contributed by atoms with Crippen molar-refractivity contribution in [3.63, 3.8) is 0 Å². The molecule has 0 unspecified atom stereocenters. The lowest BCUT2D eigenvalue weighted by molar-refractivity contribution is -0.133. The fraction of sp³-hybridized carbons (Fsp3) is 0.362. The molecule has 0 fully saturated rings. The van der Waals surface area contributed by atoms with Gasteiger partial charge in [-0.1, -0.05) is 140 Å². The van der Waals surface area contributed by atoms with Gasteiger partial charge in [0.1, 0.15) is 43.0 Å². The summed E-state index contributed by atoms with van der Waals surface area (Å²) in [5.74, 6) is -2.95. The Balaban J connectivity index is 1.07. The highest BCUT2D eigenvalue weighted by Crippen LogP contribution is 2.44. The fourth-order valence-electron chi connectivity index (χ4n) is 8.69. The van der Waals surface area contributed by atoms with Crippen molar-refractivity contribution in [3.8, 4) is 11.1 Å². The van der Waals surface area contributed by atoms with Gasteiger partial charge in [0.2, 0.25) is 23.6 Å². The highest BCUT2D eigenvalue weighted by Gasteiger charge is 2.33. The molecule has 1 aliphatic carbocycles. The van der Waals surface area contributed by atoms with E-state index in [-0.39, 0.29) is 57.9 Å². The van der Waals surface area contributed by atoms with E-state index in [9.17, 15) is 33.6 Å². The van der Waals surface area contributed by atoms with Crippen LogP contribution in [0.2, 0.25) is 0 Å². The topological polar surface area (TPSA) is 245 Å². The molecule has 4 atom stereocenters. The smallest absolute Gasteiger partial charge is 0.408 e. The van der Waals surface area contributed by atoms with Crippen LogP contribution in [0, 0.1) is 0 Å². The number of hydrogen-bond donors (Lipinski definition) is 7. The molecule has 17 heteroatoms. The molecule has 5 aromatic rings. The van der Waals surface area contributed by atoms with Crippen LogP contribution in [0.5, 0.6) is 0 Å². The van der Waals surface area contributed by atoms with Crippen molar-refractivity contribution in [1.29, 1.82) is 0 Å². The fourth-order valence-corrected chi connectivity index (χ4v) is 8.69. The summed E-state index contributed by atoms with van der Waals surface area (Å²) in [6, 6.07) is 38.6. The van der Waals surface area contributed by atoms with E-state index in [1.807, 2.05) is 78.9 Å². The number of carbonyl (C=O) groups excluding carboxylic acids is 7. The minimum Gasteiger partial charge on any atom is -0.449 e. The molecule has 396 valence electrons. The van der Waals surface area contributed by atoms with Crippen LogP contribution in [0.25, 0.3) is 11.1 Å². The van der Waals surface area contributed by atoms with Crippen molar-refractivity contribution in [2.45, 2.75) is 114 Å². The van der Waals surface area contributed by atoms with Crippen LogP contribution in [-0.4, -0.2) is 91.4 Å². The molecule has 0 aromatic heterocycles. The van der Waals surface area contributed by atoms with Gasteiger partial charge in [-0.3, -0.25) is 19.2 Å². The van der Waals surface area contributed by atoms with Gasteiger partial charge in [-0.15, -0.1) is 0 Å². The number of alkyl carbamates (subject to hydrolysis) is 3. The third-order valence-corrected chi connectivity index (χ3v) is 12.4. The van der Waals surface area contributed by atoms with E-state index >= 15 is 0 Å². The number of nitrogens with one attached hydrogen (secondary N) is 6. The maximum atomic E-state index is 14.5. The van der Waals surface area contributed by atoms with Gasteiger partial charge < -0.3 is 51.8 Å². The lowest BCUT2D eigenvalue weighted by Gasteiger charge is -2.27. The molecule has 0 spiro atoms. The van der Waals surface area contributed by atoms with Gasteiger partial charge in [-0.05, 0) is 98.2 Å². The number of nitrogens with two attached hydrogens (primary N) is 1. The van der Waals surface area contributed by atoms with Crippen molar-refractivity contribution in [1.82, 2.24) is 31.9 Å². The zero-order valence-corrected chi connectivity index (χ0v) is 42.8. The predicted octanol–water partition coefficient (Wildman–Crippen LogP) is 7.11. The second-order valence-corrected chi connectivity index (χ2v) is 19.4. The quantitative estimate of drug-likeness (QED) is 0.0219. The Labute approximate surface area is 438 Å². The summed E-state index contributed by atoms with van der Waals surface area (Å²) in [5.41, 5.74) is 11.6. The molecule has 0 saturated carbocycles. The molecule has 1 aliphatic rings. The van der Waals surface area contributed by atoms with E-state index in [1.54, 1.807) is 69.3 Å². The number of hydrogen-bond acceptors (Lipinski definition) is 10. The molecule has 0 saturated heterocycles. The summed E-state index contributed by atoms with van der Waals surface area (Å²) in [6.07, 6.45) is -0.0766. The highest BCUT2D eigenvalue weighted by molar-refractivity contribution is 5.95. The number of unbranched alkanes of at least 4 members (excludes halogenated alkanes) is 2. The number of primary amides is 1. The first-order valence-electron chi connectivity index (χ1n) is 25.4. The number of benzene rings is 5. The maximum absolute atomic E-state index is 14.5. The summed E-state index contributed by atoms with van der Waals surface area (Å²) in [5, 5.41) is 16.5. The summed E-state index contributed by atoms with van der Waals surface area (Å²) in [4.78, 5) is 93.9. The van der Waals surface area contributed by atoms with E-state index < -0.39 is 71.7 Å². The average molecular weight is 1020 g/mol. The van der Waals surface area contributed by atoms with Crippen LogP contribution >= 0.6 is 0 Å². The first-order valence-corrected chi connectivity index (χ1v) is 25.4. The molecular weight excluding hydrogens is 955 g/mol. The Hall–Kier alpha value is -8.21. The van der Waals surface area contributed by atoms with Crippen LogP contribution in [0.3, 0.4) is 0 Å². The molecule has 0 radical (unpaired) electrons. The Morgan fingerprint density at radius 1 is 0.480 bits per heavy atom. The molecule has 75 heavy (non-hydrogen) atoms. The van der Waals surface area contributed by atoms with E-state index in [0.29, 0.717) is 36.8 Å². The molecule has 0 bridgehead atoms. The highest BCUT2D eigenvalue weighted by atomic mass is 16.6. The molecule has 17 nitrogen and oxygen atoms in total. The van der Waals surface area contributed by atoms with Gasteiger partial charge >= 0.3 is 18.3 Å². The molecule has 6 rings (SSSR count). The normalized spacial score (nSPS) is 13.3. The number of rotatable bonds is 26. The molecule has 5 aromatic carbocycles. The second kappa shape index (κ2) is 28.3. The van der Waals surface area contributed by atoms with Crippen LogP contribution < -0.4 is 37.6 Å². The lowest BCUT2D eigenvalue weighted by atomic mass is 9.98. The van der Waals surface area contributed by atoms with Gasteiger partial charge in [0.15, 0.2) is 0 Å². The Bertz CT molecular complexity index is 2640. The number of fused-ring (bicyclic) bond motifs is 3. The summed E-state index contributed by atoms with van der Waals surface area (Å²) in [6.45, 7) is 5.82. The minimum absolute atomic E-state index is 0.0129. The minimum atomic E-state index is -1.25. The van der Waals surface area contributed by atoms with Crippen LogP contribution in [-0.2, 0) is 52.8 Å². The summed E-state index contributed by atoms with van der Waals surface area (Å²) in [7, 11) is 0. The van der Waals surface area contributed by atoms with Crippen LogP contribution in [0.4, 0.5) is 14.4 Å². The largest absolute Gasteiger partial charge is 0.449 e. The van der Waals surface area contributed by atoms with Crippen molar-refractivity contribution in [2.75, 3.05) is 19.7 Å². The van der Waals surface area contributed by atoms with Gasteiger partial charge in [0.05, 0.1) is 0 Å². The average Bonchev–Trinajstić information content (AvgIpc) is 3.72. The SMILES string of the molecule is CC(C)(C)OC(=O)N[C@@H](CCCCNC(=O)OCC1c2ccccc2-c2ccccc21)C(=O)N[C@@H](Cc1ccccc1)C(=O)N[C@@H](Cc1ccccc1)C(=O)N[C@@H](CCCCNC(=O)OCc1ccccc1)C(N)=O. The molecule has 8 N–H and O–H groups in total. The van der Waals surface area contributed by atoms with E-state index in [1.165, 1.54) is 0 Å². The third-order valence-electron chi connectivity index (χ3n) is 12.4. The summed E-state index contributed by atoms with van der Waals surface area (Å²) >= 11 is 0. The first kappa shape index (κ1) is 56.1. The van der Waals surface area contributed by atoms with Crippen molar-refractivity contribution in [2.24, 2.45) is 5.73 Å². The Morgan fingerprint density at radius 3 is 1.37 bits per heavy atom. The predicted molar refractivity (Wildman–Crippen MR) is 284 cm³/mol. The zero-order valence-electron chi connectivity index (χ0n) is 42.8. The number of amides is 7. The molecule has 0 aliphatic heterocycles. The van der Waals surface area contributed by atoms with Gasteiger partial charge in [0, 0.05) is 31.8 Å². The van der Waals surface area contributed by atoms with E-state index in [2.05, 4.69) is 44.0 Å². The first-order chi connectivity index (χ1) is 36.1. The van der Waals surface area contributed by atoms with E-state index in [0.717, 1.165) is 27.8 Å². The standard InChI is InChI=1S/C58H69N7O10/c1-58(2,3)75-57(72)65-48(32-18-20-34-61-56(71)74-38-46-44-29-15-13-27-42(44)43-28-14-16-30-45(43)46)52(67)63-50(36-40-23-9-5-10-24-40)54(69)64-49(35-39-21-7-4-8-22-39)53(68)62-47(51(59)66)31-17-19-33-60-55(70)73-37-41-25-11-6-12-26-41/h4-16,21-30,46-50H,17-20,31-38H2,1-3H3,(H2,59,66)(H,60,70)(H,61,71)(H,62,68)(H,63,67)(H,64,69)(H,65,72)/t47-,48-,49-,50-/m0/s1. The Kier molecular flexibility index (Phi) is 21.2. The van der Waals surface area contributed by atoms with Crippen LogP contribution in [0.15, 0.2) is 140 Å². The van der Waals surface area contributed by atoms with Crippen molar-refractivity contribution < 1.29 is 47.8 Å². The molecule has 7 amide bonds. The maximum Gasteiger partial charge on any atom is 0.408 e. The summed E-state index contributed by atoms with van der Waals surface area (Å²) < 4.78 is 16.4. The molecule has 0 heterocycles. The molecular formula is C58H69N7O10. The number of carbonyl (C=O) groups is 7. The Morgan fingerprint density at radius 2 is 0.893 bits per heavy atom. The van der Waals surface area contributed by atoms with Gasteiger partial charge in [-0.25, -0.2) is 14.4 Å². The lowest BCUT2D eigenvalue weighted by Crippen LogP contribution is -2.59. The monoisotopic (exact) mass is 1020 g/mol. The van der Waals surface area contributed by atoms with Gasteiger partial charge in [0.25, 0.3) is 0 Å². The van der Waals surface area contributed by atoms with Crippen molar-refractivity contribution in [3.05, 3.63) is 167 Å². The van der Waals surface area contributed by atoms with E-state index in [4.69, 9.17) is 19.9 Å². The third kappa shape index (κ3) is 18.3.